The van der Waals surface area contributed by atoms with Crippen LogP contribution < -0.4 is 0 Å². The Balaban J connectivity index is 0.000000810. The fraction of sp³-hybridized carbons (Fsp3) is 0.444. The summed E-state index contributed by atoms with van der Waals surface area (Å²) < 4.78 is 0. The Morgan fingerprint density at radius 1 is 1.40 bits per heavy atom. The molecule has 0 radical (unpaired) electrons. The van der Waals surface area contributed by atoms with E-state index in [0.29, 0.717) is 0 Å². The van der Waals surface area contributed by atoms with Gasteiger partial charge in [-0.15, -0.1) is 0 Å². The van der Waals surface area contributed by atoms with E-state index in [1.165, 1.54) is 24.0 Å². The van der Waals surface area contributed by atoms with Gasteiger partial charge in [0.1, 0.15) is 0 Å². The summed E-state index contributed by atoms with van der Waals surface area (Å²) in [6, 6.07) is 6.55. The van der Waals surface area contributed by atoms with E-state index in [0.717, 1.165) is 0 Å². The molecule has 0 amide bonds. The molecule has 0 aromatic heterocycles. The predicted molar refractivity (Wildman–Crippen MR) is 40.8 cm³/mol. The van der Waals surface area contributed by atoms with Gasteiger partial charge in [-0.3, -0.25) is 0 Å². The van der Waals surface area contributed by atoms with Crippen molar-refractivity contribution in [3.63, 3.8) is 0 Å². The van der Waals surface area contributed by atoms with E-state index in [1.54, 1.807) is 0 Å². The minimum absolute atomic E-state index is 0. The molecule has 0 spiro atoms. The van der Waals surface area contributed by atoms with Crippen molar-refractivity contribution in [2.75, 3.05) is 0 Å². The second-order valence-electron chi connectivity index (χ2n) is 2.28. The van der Waals surface area contributed by atoms with Crippen molar-refractivity contribution in [1.82, 2.24) is 0 Å². The molecule has 1 rings (SSSR count). The smallest absolute Gasteiger partial charge is 0 e. The van der Waals surface area contributed by atoms with E-state index in [2.05, 4.69) is 32.0 Å². The maximum Gasteiger partial charge on any atom is 0 e. The van der Waals surface area contributed by atoms with Gasteiger partial charge in [0.25, 0.3) is 0 Å². The van der Waals surface area contributed by atoms with Crippen LogP contribution in [0.2, 0.25) is 0 Å². The van der Waals surface area contributed by atoms with Crippen molar-refractivity contribution >= 4 is 0 Å². The van der Waals surface area contributed by atoms with E-state index >= 15 is 0 Å². The van der Waals surface area contributed by atoms with Crippen LogP contribution in [0.1, 0.15) is 25.0 Å². The van der Waals surface area contributed by atoms with Gasteiger partial charge < -0.3 is 0 Å². The SMILES string of the molecule is CCc1ccc[c-]1CC.[Ti]. The quantitative estimate of drug-likeness (QED) is 0.471. The van der Waals surface area contributed by atoms with Gasteiger partial charge in [0, 0.05) is 21.7 Å². The van der Waals surface area contributed by atoms with Crippen LogP contribution in [0.5, 0.6) is 0 Å². The van der Waals surface area contributed by atoms with Gasteiger partial charge in [0.2, 0.25) is 0 Å². The number of hydrogen-bond acceptors (Lipinski definition) is 0. The first-order chi connectivity index (χ1) is 4.38. The zero-order valence-corrected chi connectivity index (χ0v) is 8.21. The van der Waals surface area contributed by atoms with Crippen LogP contribution in [0.3, 0.4) is 0 Å². The first-order valence-electron chi connectivity index (χ1n) is 3.62. The Morgan fingerprint density at radius 3 is 2.50 bits per heavy atom. The molecule has 1 heteroatoms. The molecule has 0 aliphatic rings. The van der Waals surface area contributed by atoms with Gasteiger partial charge in [0.05, 0.1) is 0 Å². The van der Waals surface area contributed by atoms with Crippen molar-refractivity contribution in [1.29, 1.82) is 0 Å². The number of aryl methyl sites for hydroxylation is 2. The maximum absolute atomic E-state index is 2.21. The Bertz CT molecular complexity index is 158. The van der Waals surface area contributed by atoms with Crippen LogP contribution in [0.25, 0.3) is 0 Å². The summed E-state index contributed by atoms with van der Waals surface area (Å²) >= 11 is 0. The summed E-state index contributed by atoms with van der Waals surface area (Å²) in [7, 11) is 0. The minimum Gasteiger partial charge on any atom is -0.213 e. The van der Waals surface area contributed by atoms with Crippen LogP contribution in [0.15, 0.2) is 18.2 Å². The normalized spacial score (nSPS) is 9.00. The van der Waals surface area contributed by atoms with Crippen molar-refractivity contribution in [2.45, 2.75) is 26.7 Å². The molecule has 0 saturated carbocycles. The van der Waals surface area contributed by atoms with Crippen LogP contribution in [0.4, 0.5) is 0 Å². The van der Waals surface area contributed by atoms with Crippen LogP contribution >= 0.6 is 0 Å². The van der Waals surface area contributed by atoms with Crippen molar-refractivity contribution in [2.24, 2.45) is 0 Å². The molecule has 1 aromatic rings. The fourth-order valence-corrected chi connectivity index (χ4v) is 1.18. The van der Waals surface area contributed by atoms with Crippen molar-refractivity contribution in [3.8, 4) is 0 Å². The number of rotatable bonds is 2. The van der Waals surface area contributed by atoms with Crippen LogP contribution in [-0.2, 0) is 34.6 Å². The average molecular weight is 169 g/mol. The molecule has 0 unspecified atom stereocenters. The maximum atomic E-state index is 2.21. The Hall–Kier alpha value is 0.0643. The van der Waals surface area contributed by atoms with E-state index in [4.69, 9.17) is 0 Å². The van der Waals surface area contributed by atoms with Gasteiger partial charge in [-0.2, -0.15) is 17.2 Å². The van der Waals surface area contributed by atoms with Crippen LogP contribution in [0, 0.1) is 0 Å². The monoisotopic (exact) mass is 169 g/mol. The summed E-state index contributed by atoms with van der Waals surface area (Å²) in [6.07, 6.45) is 2.35. The molecule has 1 aromatic carbocycles. The van der Waals surface area contributed by atoms with E-state index in [1.807, 2.05) is 0 Å². The van der Waals surface area contributed by atoms with Crippen LogP contribution in [-0.4, -0.2) is 0 Å². The molecular formula is C9H13Ti-. The third kappa shape index (κ3) is 2.03. The largest absolute Gasteiger partial charge is 0.213 e. The summed E-state index contributed by atoms with van der Waals surface area (Å²) in [5.41, 5.74) is 3.02. The molecule has 0 saturated heterocycles. The van der Waals surface area contributed by atoms with Crippen molar-refractivity contribution in [3.05, 3.63) is 29.3 Å². The van der Waals surface area contributed by atoms with Gasteiger partial charge in [-0.05, 0) is 0 Å². The summed E-state index contributed by atoms with van der Waals surface area (Å²) in [5, 5.41) is 0. The standard InChI is InChI=1S/C9H13.Ti/c1-3-8-6-5-7-9(8)4-2;/h5-7H,3-4H2,1-2H3;/q-1;. The first kappa shape index (κ1) is 10.1. The molecule has 0 nitrogen and oxygen atoms in total. The second kappa shape index (κ2) is 4.82. The zero-order chi connectivity index (χ0) is 6.69. The molecule has 0 heterocycles. The molecule has 54 valence electrons. The van der Waals surface area contributed by atoms with Gasteiger partial charge >= 0.3 is 0 Å². The van der Waals surface area contributed by atoms with E-state index in [-0.39, 0.29) is 21.7 Å². The molecule has 0 aliphatic heterocycles. The summed E-state index contributed by atoms with van der Waals surface area (Å²) in [5.74, 6) is 0. The zero-order valence-electron chi connectivity index (χ0n) is 6.65. The molecular weight excluding hydrogens is 156 g/mol. The predicted octanol–water partition coefficient (Wildman–Crippen LogP) is 2.53. The second-order valence-corrected chi connectivity index (χ2v) is 2.28. The summed E-state index contributed by atoms with van der Waals surface area (Å²) in [4.78, 5) is 0. The minimum atomic E-state index is 0. The van der Waals surface area contributed by atoms with E-state index < -0.39 is 0 Å². The van der Waals surface area contributed by atoms with Gasteiger partial charge in [-0.25, -0.2) is 12.1 Å². The number of hydrogen-bond donors (Lipinski definition) is 0. The average Bonchev–Trinajstić information content (AvgIpc) is 2.33. The topological polar surface area (TPSA) is 0 Å². The third-order valence-electron chi connectivity index (χ3n) is 1.77. The van der Waals surface area contributed by atoms with E-state index in [9.17, 15) is 0 Å². The molecule has 10 heavy (non-hydrogen) atoms. The Morgan fingerprint density at radius 2 is 2.10 bits per heavy atom. The van der Waals surface area contributed by atoms with Crippen molar-refractivity contribution < 1.29 is 21.7 Å². The molecule has 0 bridgehead atoms. The third-order valence-corrected chi connectivity index (χ3v) is 1.77. The Kier molecular flexibility index (Phi) is 4.85. The van der Waals surface area contributed by atoms with Gasteiger partial charge in [0.15, 0.2) is 0 Å². The molecule has 0 fully saturated rings. The fourth-order valence-electron chi connectivity index (χ4n) is 1.18. The Labute approximate surface area is 77.9 Å². The molecule has 0 aliphatic carbocycles. The first-order valence-corrected chi connectivity index (χ1v) is 3.62. The van der Waals surface area contributed by atoms with Gasteiger partial charge in [-0.1, -0.05) is 26.7 Å². The molecule has 0 atom stereocenters. The molecule has 0 N–H and O–H groups in total. The summed E-state index contributed by atoms with van der Waals surface area (Å²) in [6.45, 7) is 4.41.